The number of para-hydroxylation sites is 1. The minimum Gasteiger partial charge on any atom is -0.490 e. The molecule has 5 nitrogen and oxygen atoms in total. The number of carbonyl (C=O) groups excluding carboxylic acids is 1. The second kappa shape index (κ2) is 6.85. The molecule has 0 aliphatic rings. The van der Waals surface area contributed by atoms with E-state index in [0.717, 1.165) is 11.3 Å². The maximum Gasteiger partial charge on any atom is 0.348 e. The van der Waals surface area contributed by atoms with Gasteiger partial charge in [-0.15, -0.1) is 11.3 Å². The standard InChI is InChI=1S/C14H12FNO4S/c15-9-3-1-2-4-11(9)20-7-5-12(17)16-10-6-8-21-13(10)14(18)19/h1-4,6,8H,5,7H2,(H,16,17)(H,18,19). The number of carboxylic acids is 1. The topological polar surface area (TPSA) is 75.6 Å². The van der Waals surface area contributed by atoms with Gasteiger partial charge in [0.2, 0.25) is 5.91 Å². The van der Waals surface area contributed by atoms with E-state index in [-0.39, 0.29) is 29.3 Å². The van der Waals surface area contributed by atoms with Gasteiger partial charge in [-0.25, -0.2) is 9.18 Å². The predicted octanol–water partition coefficient (Wildman–Crippen LogP) is 2.99. The van der Waals surface area contributed by atoms with Crippen molar-refractivity contribution < 1.29 is 23.8 Å². The fourth-order valence-electron chi connectivity index (χ4n) is 1.60. The molecule has 2 N–H and O–H groups in total. The van der Waals surface area contributed by atoms with Crippen molar-refractivity contribution in [2.75, 3.05) is 11.9 Å². The SMILES string of the molecule is O=C(CCOc1ccccc1F)Nc1ccsc1C(=O)O. The fourth-order valence-corrected chi connectivity index (χ4v) is 2.29. The molecule has 1 amide bonds. The van der Waals surface area contributed by atoms with Crippen LogP contribution in [-0.4, -0.2) is 23.6 Å². The van der Waals surface area contributed by atoms with Crippen molar-refractivity contribution in [1.82, 2.24) is 0 Å². The number of halogens is 1. The molecule has 2 aromatic rings. The van der Waals surface area contributed by atoms with Crippen LogP contribution >= 0.6 is 11.3 Å². The molecule has 0 spiro atoms. The summed E-state index contributed by atoms with van der Waals surface area (Å²) >= 11 is 1.03. The first-order chi connectivity index (χ1) is 10.1. The van der Waals surface area contributed by atoms with E-state index in [1.165, 1.54) is 18.2 Å². The van der Waals surface area contributed by atoms with Gasteiger partial charge in [-0.1, -0.05) is 12.1 Å². The summed E-state index contributed by atoms with van der Waals surface area (Å²) in [6, 6.07) is 7.42. The van der Waals surface area contributed by atoms with Gasteiger partial charge in [-0.05, 0) is 23.6 Å². The van der Waals surface area contributed by atoms with Crippen LogP contribution in [0.1, 0.15) is 16.1 Å². The Morgan fingerprint density at radius 3 is 2.76 bits per heavy atom. The number of nitrogens with one attached hydrogen (secondary N) is 1. The molecule has 1 aromatic heterocycles. The molecule has 1 aromatic carbocycles. The summed E-state index contributed by atoms with van der Waals surface area (Å²) in [5.41, 5.74) is 0.253. The first-order valence-electron chi connectivity index (χ1n) is 6.06. The van der Waals surface area contributed by atoms with Crippen molar-refractivity contribution in [3.05, 3.63) is 46.4 Å². The second-order valence-corrected chi connectivity index (χ2v) is 4.96. The predicted molar refractivity (Wildman–Crippen MR) is 76.4 cm³/mol. The maximum absolute atomic E-state index is 13.3. The van der Waals surface area contributed by atoms with E-state index in [2.05, 4.69) is 5.32 Å². The Bertz CT molecular complexity index is 656. The van der Waals surface area contributed by atoms with E-state index in [4.69, 9.17) is 9.84 Å². The highest BCUT2D eigenvalue weighted by atomic mass is 32.1. The van der Waals surface area contributed by atoms with Gasteiger partial charge < -0.3 is 15.2 Å². The van der Waals surface area contributed by atoms with Crippen LogP contribution < -0.4 is 10.1 Å². The van der Waals surface area contributed by atoms with Gasteiger partial charge in [0.1, 0.15) is 4.88 Å². The average Bonchev–Trinajstić information content (AvgIpc) is 2.89. The Balaban J connectivity index is 1.84. The van der Waals surface area contributed by atoms with E-state index in [9.17, 15) is 14.0 Å². The summed E-state index contributed by atoms with van der Waals surface area (Å²) in [5.74, 6) is -1.91. The summed E-state index contributed by atoms with van der Waals surface area (Å²) in [5, 5.41) is 13.0. The fraction of sp³-hybridized carbons (Fsp3) is 0.143. The molecular formula is C14H12FNO4S. The van der Waals surface area contributed by atoms with E-state index in [1.807, 2.05) is 0 Å². The third kappa shape index (κ3) is 4.03. The lowest BCUT2D eigenvalue weighted by molar-refractivity contribution is -0.116. The van der Waals surface area contributed by atoms with Crippen molar-refractivity contribution in [3.63, 3.8) is 0 Å². The lowest BCUT2D eigenvalue weighted by atomic mass is 10.3. The Hall–Kier alpha value is -2.41. The lowest BCUT2D eigenvalue weighted by Gasteiger charge is -2.07. The van der Waals surface area contributed by atoms with Crippen molar-refractivity contribution in [1.29, 1.82) is 0 Å². The van der Waals surface area contributed by atoms with E-state index >= 15 is 0 Å². The largest absolute Gasteiger partial charge is 0.490 e. The molecule has 0 aliphatic heterocycles. The number of amides is 1. The van der Waals surface area contributed by atoms with E-state index in [1.54, 1.807) is 17.5 Å². The maximum atomic E-state index is 13.3. The van der Waals surface area contributed by atoms with Crippen LogP contribution in [0.4, 0.5) is 10.1 Å². The zero-order valence-electron chi connectivity index (χ0n) is 10.8. The first-order valence-corrected chi connectivity index (χ1v) is 6.94. The quantitative estimate of drug-likeness (QED) is 0.860. The van der Waals surface area contributed by atoms with Crippen LogP contribution in [0.5, 0.6) is 5.75 Å². The van der Waals surface area contributed by atoms with Gasteiger partial charge in [0.05, 0.1) is 18.7 Å². The number of thiophene rings is 1. The molecule has 0 bridgehead atoms. The van der Waals surface area contributed by atoms with Gasteiger partial charge in [0.15, 0.2) is 11.6 Å². The zero-order valence-corrected chi connectivity index (χ0v) is 11.7. The van der Waals surface area contributed by atoms with Crippen LogP contribution in [0.15, 0.2) is 35.7 Å². The highest BCUT2D eigenvalue weighted by Crippen LogP contribution is 2.22. The molecule has 110 valence electrons. The summed E-state index contributed by atoms with van der Waals surface area (Å²) in [7, 11) is 0. The van der Waals surface area contributed by atoms with Gasteiger partial charge >= 0.3 is 5.97 Å². The highest BCUT2D eigenvalue weighted by Gasteiger charge is 2.14. The molecular weight excluding hydrogens is 297 g/mol. The molecule has 0 fully saturated rings. The summed E-state index contributed by atoms with van der Waals surface area (Å²) < 4.78 is 18.4. The third-order valence-electron chi connectivity index (χ3n) is 2.56. The third-order valence-corrected chi connectivity index (χ3v) is 3.46. The van der Waals surface area contributed by atoms with E-state index in [0.29, 0.717) is 0 Å². The van der Waals surface area contributed by atoms with Crippen molar-refractivity contribution in [2.45, 2.75) is 6.42 Å². The van der Waals surface area contributed by atoms with Crippen molar-refractivity contribution in [3.8, 4) is 5.75 Å². The summed E-state index contributed by atoms with van der Waals surface area (Å²) in [4.78, 5) is 22.6. The molecule has 0 radical (unpaired) electrons. The molecule has 2 rings (SSSR count). The average molecular weight is 309 g/mol. The monoisotopic (exact) mass is 309 g/mol. The number of anilines is 1. The first kappa shape index (κ1) is 15.0. The van der Waals surface area contributed by atoms with Crippen LogP contribution in [0, 0.1) is 5.82 Å². The molecule has 0 unspecified atom stereocenters. The number of ether oxygens (including phenoxy) is 1. The number of hydrogen-bond donors (Lipinski definition) is 2. The zero-order chi connectivity index (χ0) is 15.2. The molecule has 0 saturated heterocycles. The minimum absolute atomic E-state index is 0.000686. The van der Waals surface area contributed by atoms with Crippen LogP contribution in [-0.2, 0) is 4.79 Å². The molecule has 0 atom stereocenters. The molecule has 1 heterocycles. The number of carboxylic acid groups (broad SMARTS) is 1. The molecule has 0 aliphatic carbocycles. The Morgan fingerprint density at radius 1 is 1.29 bits per heavy atom. The van der Waals surface area contributed by atoms with Crippen molar-refractivity contribution >= 4 is 28.9 Å². The van der Waals surface area contributed by atoms with Gasteiger partial charge in [-0.2, -0.15) is 0 Å². The highest BCUT2D eigenvalue weighted by molar-refractivity contribution is 7.12. The number of benzene rings is 1. The number of rotatable bonds is 6. The summed E-state index contributed by atoms with van der Waals surface area (Å²) in [6.45, 7) is -0.000686. The number of carbonyl (C=O) groups is 2. The van der Waals surface area contributed by atoms with Crippen LogP contribution in [0.2, 0.25) is 0 Å². The second-order valence-electron chi connectivity index (χ2n) is 4.05. The van der Waals surface area contributed by atoms with Gasteiger partial charge in [0.25, 0.3) is 0 Å². The Labute approximate surface area is 124 Å². The summed E-state index contributed by atoms with van der Waals surface area (Å²) in [6.07, 6.45) is -0.0107. The Morgan fingerprint density at radius 2 is 2.05 bits per heavy atom. The Kier molecular flexibility index (Phi) is 4.89. The van der Waals surface area contributed by atoms with Crippen molar-refractivity contribution in [2.24, 2.45) is 0 Å². The van der Waals surface area contributed by atoms with E-state index < -0.39 is 17.7 Å². The molecule has 21 heavy (non-hydrogen) atoms. The smallest absolute Gasteiger partial charge is 0.348 e. The van der Waals surface area contributed by atoms with Gasteiger partial charge in [-0.3, -0.25) is 4.79 Å². The minimum atomic E-state index is -1.09. The number of hydrogen-bond acceptors (Lipinski definition) is 4. The normalized spacial score (nSPS) is 10.1. The molecule has 0 saturated carbocycles. The number of aromatic carboxylic acids is 1. The van der Waals surface area contributed by atoms with Gasteiger partial charge in [0, 0.05) is 0 Å². The molecule has 7 heteroatoms. The van der Waals surface area contributed by atoms with Crippen LogP contribution in [0.25, 0.3) is 0 Å². The van der Waals surface area contributed by atoms with Crippen LogP contribution in [0.3, 0.4) is 0 Å². The lowest BCUT2D eigenvalue weighted by Crippen LogP contribution is -2.16.